The van der Waals surface area contributed by atoms with E-state index in [0.717, 1.165) is 0 Å². The van der Waals surface area contributed by atoms with Gasteiger partial charge in [0.25, 0.3) is 0 Å². The molecule has 0 spiro atoms. The van der Waals surface area contributed by atoms with Crippen LogP contribution in [-0.2, 0) is 28.5 Å². The third-order valence-electron chi connectivity index (χ3n) is 5.44. The van der Waals surface area contributed by atoms with Gasteiger partial charge in [-0.3, -0.25) is 0 Å². The van der Waals surface area contributed by atoms with E-state index in [-0.39, 0.29) is 6.61 Å². The van der Waals surface area contributed by atoms with Crippen molar-refractivity contribution < 1.29 is 33.6 Å². The number of carbonyl (C=O) groups is 1. The van der Waals surface area contributed by atoms with Gasteiger partial charge in [-0.2, -0.15) is 0 Å². The molecule has 2 fully saturated rings. The summed E-state index contributed by atoms with van der Waals surface area (Å²) in [6.45, 7) is 13.0. The molecule has 0 aromatic carbocycles. The molecule has 2 heterocycles. The Hall–Kier alpha value is -0.990. The van der Waals surface area contributed by atoms with Crippen molar-refractivity contribution in [2.75, 3.05) is 6.61 Å². The Labute approximate surface area is 161 Å². The van der Waals surface area contributed by atoms with Crippen LogP contribution in [0.15, 0.2) is 12.2 Å². The highest BCUT2D eigenvalue weighted by Crippen LogP contribution is 2.42. The topological polar surface area (TPSA) is 83.5 Å². The summed E-state index contributed by atoms with van der Waals surface area (Å²) in [5.41, 5.74) is 0.333. The molecule has 0 bridgehead atoms. The normalized spacial score (nSPS) is 30.0. The highest BCUT2D eigenvalue weighted by Gasteiger charge is 2.54. The molecule has 0 amide bonds. The lowest BCUT2D eigenvalue weighted by atomic mass is 10.0. The van der Waals surface area contributed by atoms with E-state index in [2.05, 4.69) is 6.58 Å². The zero-order chi connectivity index (χ0) is 20.2. The van der Waals surface area contributed by atoms with Gasteiger partial charge in [0.1, 0.15) is 12.7 Å². The number of fused-ring (bicyclic) bond motifs is 1. The maximum Gasteiger partial charge on any atom is 0.333 e. The van der Waals surface area contributed by atoms with Gasteiger partial charge in [-0.1, -0.05) is 34.3 Å². The van der Waals surface area contributed by atoms with Crippen LogP contribution >= 0.6 is 0 Å². The molecule has 4 atom stereocenters. The van der Waals surface area contributed by atoms with Gasteiger partial charge in [0, 0.05) is 12.0 Å². The van der Waals surface area contributed by atoms with Gasteiger partial charge >= 0.3 is 5.97 Å². The second kappa shape index (κ2) is 9.01. The van der Waals surface area contributed by atoms with Crippen LogP contribution < -0.4 is 0 Å². The number of aliphatic hydroxyl groups is 1. The molecule has 7 nitrogen and oxygen atoms in total. The summed E-state index contributed by atoms with van der Waals surface area (Å²) in [6.07, 6.45) is 0.786. The fourth-order valence-corrected chi connectivity index (χ4v) is 3.40. The quantitative estimate of drug-likeness (QED) is 0.370. The van der Waals surface area contributed by atoms with E-state index in [0.29, 0.717) is 37.7 Å². The Balaban J connectivity index is 2.15. The van der Waals surface area contributed by atoms with Gasteiger partial charge < -0.3 is 28.8 Å². The van der Waals surface area contributed by atoms with Gasteiger partial charge in [0.2, 0.25) is 0 Å². The molecule has 7 heteroatoms. The average Bonchev–Trinajstić information content (AvgIpc) is 3.05. The highest BCUT2D eigenvalue weighted by atomic mass is 16.8. The Morgan fingerprint density at radius 2 is 1.85 bits per heavy atom. The lowest BCUT2D eigenvalue weighted by molar-refractivity contribution is -0.288. The maximum atomic E-state index is 11.7. The van der Waals surface area contributed by atoms with Crippen LogP contribution in [-0.4, -0.2) is 53.9 Å². The largest absolute Gasteiger partial charge is 0.460 e. The number of carbonyl (C=O) groups excluding carboxylic acids is 1. The minimum atomic E-state index is -1.24. The van der Waals surface area contributed by atoms with E-state index in [4.69, 9.17) is 23.7 Å². The van der Waals surface area contributed by atoms with E-state index in [9.17, 15) is 9.90 Å². The van der Waals surface area contributed by atoms with Crippen molar-refractivity contribution in [3.05, 3.63) is 12.2 Å². The molecular formula is C20H34O7. The Morgan fingerprint density at radius 1 is 1.22 bits per heavy atom. The molecule has 2 rings (SSSR count). The van der Waals surface area contributed by atoms with Crippen LogP contribution in [0.2, 0.25) is 0 Å². The molecule has 0 radical (unpaired) electrons. The van der Waals surface area contributed by atoms with Gasteiger partial charge in [-0.25, -0.2) is 4.79 Å². The fourth-order valence-electron chi connectivity index (χ4n) is 3.40. The zero-order valence-corrected chi connectivity index (χ0v) is 17.2. The summed E-state index contributed by atoms with van der Waals surface area (Å²) >= 11 is 0. The SMILES string of the molecule is C=C(C)C(=O)OC[C@@H]1C[C@H](OC(O)(CC)CC)[C@@H]2OC(CC)(CC)O[C@@H]2O1. The minimum Gasteiger partial charge on any atom is -0.460 e. The summed E-state index contributed by atoms with van der Waals surface area (Å²) in [6, 6.07) is 0. The number of rotatable bonds is 9. The molecule has 0 aliphatic carbocycles. The predicted molar refractivity (Wildman–Crippen MR) is 98.7 cm³/mol. The maximum absolute atomic E-state index is 11.7. The number of hydrogen-bond acceptors (Lipinski definition) is 7. The molecule has 0 saturated carbocycles. The highest BCUT2D eigenvalue weighted by molar-refractivity contribution is 5.86. The van der Waals surface area contributed by atoms with E-state index in [1.807, 2.05) is 27.7 Å². The second-order valence-corrected chi connectivity index (χ2v) is 7.37. The number of ether oxygens (including phenoxy) is 5. The zero-order valence-electron chi connectivity index (χ0n) is 17.2. The van der Waals surface area contributed by atoms with Crippen LogP contribution in [0.3, 0.4) is 0 Å². The molecule has 0 aromatic rings. The first-order chi connectivity index (χ1) is 12.7. The Morgan fingerprint density at radius 3 is 2.37 bits per heavy atom. The smallest absolute Gasteiger partial charge is 0.333 e. The first-order valence-electron chi connectivity index (χ1n) is 9.95. The lowest BCUT2D eigenvalue weighted by Gasteiger charge is -2.40. The third kappa shape index (κ3) is 5.09. The van der Waals surface area contributed by atoms with E-state index < -0.39 is 42.1 Å². The summed E-state index contributed by atoms with van der Waals surface area (Å²) in [4.78, 5) is 11.7. The Kier molecular flexibility index (Phi) is 7.44. The number of hydrogen-bond donors (Lipinski definition) is 1. The standard InChI is InChI=1S/C20H34O7/c1-7-19(22,8-2)25-15-11-14(12-23-17(21)13(5)6)24-18-16(15)26-20(9-3,10-4)27-18/h14-16,18,22H,5,7-12H2,1-4,6H3/t14-,15-,16-,18-/m0/s1. The van der Waals surface area contributed by atoms with Crippen molar-refractivity contribution in [2.24, 2.45) is 0 Å². The van der Waals surface area contributed by atoms with Crippen LogP contribution in [0, 0.1) is 0 Å². The van der Waals surface area contributed by atoms with Crippen molar-refractivity contribution in [1.82, 2.24) is 0 Å². The summed E-state index contributed by atoms with van der Waals surface area (Å²) in [5, 5.41) is 10.7. The summed E-state index contributed by atoms with van der Waals surface area (Å²) < 4.78 is 29.6. The average molecular weight is 386 g/mol. The van der Waals surface area contributed by atoms with E-state index >= 15 is 0 Å². The second-order valence-electron chi connectivity index (χ2n) is 7.37. The lowest BCUT2D eigenvalue weighted by Crippen LogP contribution is -2.52. The van der Waals surface area contributed by atoms with Crippen molar-refractivity contribution in [1.29, 1.82) is 0 Å². The summed E-state index contributed by atoms with van der Waals surface area (Å²) in [5.74, 6) is -2.42. The first kappa shape index (κ1) is 22.3. The molecule has 2 aliphatic rings. The fraction of sp³-hybridized carbons (Fsp3) is 0.850. The van der Waals surface area contributed by atoms with Crippen molar-refractivity contribution in [3.63, 3.8) is 0 Å². The van der Waals surface area contributed by atoms with Crippen molar-refractivity contribution >= 4 is 5.97 Å². The molecule has 0 aromatic heterocycles. The molecule has 27 heavy (non-hydrogen) atoms. The van der Waals surface area contributed by atoms with Gasteiger partial charge in [-0.05, 0) is 32.6 Å². The molecule has 2 saturated heterocycles. The van der Waals surface area contributed by atoms with E-state index in [1.54, 1.807) is 6.92 Å². The first-order valence-corrected chi connectivity index (χ1v) is 9.95. The van der Waals surface area contributed by atoms with Gasteiger partial charge in [0.15, 0.2) is 17.9 Å². The van der Waals surface area contributed by atoms with Crippen molar-refractivity contribution in [2.45, 2.75) is 103 Å². The molecular weight excluding hydrogens is 352 g/mol. The monoisotopic (exact) mass is 386 g/mol. The van der Waals surface area contributed by atoms with E-state index in [1.165, 1.54) is 0 Å². The van der Waals surface area contributed by atoms with Crippen LogP contribution in [0.4, 0.5) is 0 Å². The van der Waals surface area contributed by atoms with Gasteiger partial charge in [-0.15, -0.1) is 0 Å². The minimum absolute atomic E-state index is 0.0695. The molecule has 156 valence electrons. The number of esters is 1. The molecule has 0 unspecified atom stereocenters. The van der Waals surface area contributed by atoms with Crippen molar-refractivity contribution in [3.8, 4) is 0 Å². The third-order valence-corrected chi connectivity index (χ3v) is 5.44. The summed E-state index contributed by atoms with van der Waals surface area (Å²) in [7, 11) is 0. The molecule has 1 N–H and O–H groups in total. The van der Waals surface area contributed by atoms with Crippen LogP contribution in [0.25, 0.3) is 0 Å². The molecule has 2 aliphatic heterocycles. The van der Waals surface area contributed by atoms with Crippen LogP contribution in [0.5, 0.6) is 0 Å². The predicted octanol–water partition coefficient (Wildman–Crippen LogP) is 3.05. The van der Waals surface area contributed by atoms with Gasteiger partial charge in [0.05, 0.1) is 12.2 Å². The van der Waals surface area contributed by atoms with Crippen LogP contribution in [0.1, 0.15) is 66.7 Å². The Bertz CT molecular complexity index is 524.